The number of anilines is 1. The van der Waals surface area contributed by atoms with Crippen molar-refractivity contribution in [3.05, 3.63) is 28.8 Å². The number of para-hydroxylation sites is 1. The molecule has 1 aromatic rings. The van der Waals surface area contributed by atoms with Crippen LogP contribution in [0, 0.1) is 0 Å². The third-order valence-corrected chi connectivity index (χ3v) is 3.71. The highest BCUT2D eigenvalue weighted by atomic mass is 35.5. The lowest BCUT2D eigenvalue weighted by molar-refractivity contribution is -0.123. The maximum absolute atomic E-state index is 12.5. The van der Waals surface area contributed by atoms with Crippen molar-refractivity contribution in [3.63, 3.8) is 0 Å². The number of likely N-dealkylation sites (tertiary alicyclic amines) is 1. The summed E-state index contributed by atoms with van der Waals surface area (Å²) in [5, 5.41) is 0.332. The molecule has 2 amide bonds. The fourth-order valence-corrected chi connectivity index (χ4v) is 2.52. The Labute approximate surface area is 116 Å². The van der Waals surface area contributed by atoms with E-state index in [9.17, 15) is 9.59 Å². The Kier molecular flexibility index (Phi) is 3.95. The summed E-state index contributed by atoms with van der Waals surface area (Å²) >= 11 is 5.91. The number of nitrogens with zero attached hydrogens (tertiary/aromatic N) is 1. The number of nitrogens with two attached hydrogens (primary N) is 2. The van der Waals surface area contributed by atoms with Gasteiger partial charge in [-0.15, -0.1) is 0 Å². The summed E-state index contributed by atoms with van der Waals surface area (Å²) in [6, 6.07) is 4.33. The van der Waals surface area contributed by atoms with Gasteiger partial charge in [0.1, 0.15) is 6.04 Å². The largest absolute Gasteiger partial charge is 0.397 e. The number of carbonyl (C=O) groups excluding carboxylic acids is 2. The molecule has 102 valence electrons. The number of nitrogen functional groups attached to an aromatic ring is 1. The molecule has 6 heteroatoms. The first-order valence-electron chi connectivity index (χ1n) is 6.16. The Morgan fingerprint density at radius 1 is 1.32 bits per heavy atom. The number of primary amides is 1. The lowest BCUT2D eigenvalue weighted by Crippen LogP contribution is -2.50. The summed E-state index contributed by atoms with van der Waals surface area (Å²) in [4.78, 5) is 25.4. The van der Waals surface area contributed by atoms with Crippen LogP contribution in [-0.4, -0.2) is 29.3 Å². The normalized spacial score (nSPS) is 19.2. The van der Waals surface area contributed by atoms with Gasteiger partial charge in [0.05, 0.1) is 16.3 Å². The first-order valence-corrected chi connectivity index (χ1v) is 6.54. The van der Waals surface area contributed by atoms with Gasteiger partial charge in [0, 0.05) is 6.54 Å². The Morgan fingerprint density at radius 3 is 2.74 bits per heavy atom. The SMILES string of the molecule is NC(=O)C1CCCCN1C(=O)c1cccc(Cl)c1N. The third kappa shape index (κ3) is 2.66. The van der Waals surface area contributed by atoms with Crippen LogP contribution in [0.2, 0.25) is 5.02 Å². The molecule has 1 aliphatic rings. The van der Waals surface area contributed by atoms with Crippen LogP contribution in [0.25, 0.3) is 0 Å². The predicted octanol–water partition coefficient (Wildman–Crippen LogP) is 1.40. The third-order valence-electron chi connectivity index (χ3n) is 3.38. The van der Waals surface area contributed by atoms with Crippen LogP contribution in [0.3, 0.4) is 0 Å². The van der Waals surface area contributed by atoms with Crippen molar-refractivity contribution < 1.29 is 9.59 Å². The molecule has 1 atom stereocenters. The summed E-state index contributed by atoms with van der Waals surface area (Å²) in [6.45, 7) is 0.512. The maximum atomic E-state index is 12.5. The monoisotopic (exact) mass is 281 g/mol. The van der Waals surface area contributed by atoms with Crippen molar-refractivity contribution in [2.24, 2.45) is 5.73 Å². The molecule has 0 aliphatic carbocycles. The summed E-state index contributed by atoms with van der Waals surface area (Å²) in [5.41, 5.74) is 11.7. The lowest BCUT2D eigenvalue weighted by Gasteiger charge is -2.34. The van der Waals surface area contributed by atoms with Gasteiger partial charge in [-0.05, 0) is 31.4 Å². The van der Waals surface area contributed by atoms with Gasteiger partial charge in [-0.25, -0.2) is 0 Å². The van der Waals surface area contributed by atoms with Crippen molar-refractivity contribution in [1.29, 1.82) is 0 Å². The summed E-state index contributed by atoms with van der Waals surface area (Å²) < 4.78 is 0. The van der Waals surface area contributed by atoms with E-state index < -0.39 is 11.9 Å². The highest BCUT2D eigenvalue weighted by Gasteiger charge is 2.32. The predicted molar refractivity (Wildman–Crippen MR) is 73.7 cm³/mol. The smallest absolute Gasteiger partial charge is 0.256 e. The Bertz CT molecular complexity index is 519. The minimum absolute atomic E-state index is 0.239. The molecule has 1 fully saturated rings. The van der Waals surface area contributed by atoms with Gasteiger partial charge in [0.25, 0.3) is 5.91 Å². The number of benzene rings is 1. The highest BCUT2D eigenvalue weighted by Crippen LogP contribution is 2.26. The molecule has 1 heterocycles. The molecule has 0 spiro atoms. The molecule has 1 aromatic carbocycles. The van der Waals surface area contributed by atoms with Gasteiger partial charge in [0.2, 0.25) is 5.91 Å². The van der Waals surface area contributed by atoms with Crippen LogP contribution < -0.4 is 11.5 Å². The first-order chi connectivity index (χ1) is 9.02. The fraction of sp³-hybridized carbons (Fsp3) is 0.385. The van der Waals surface area contributed by atoms with Crippen molar-refractivity contribution in [1.82, 2.24) is 4.90 Å². The molecule has 1 saturated heterocycles. The highest BCUT2D eigenvalue weighted by molar-refractivity contribution is 6.34. The lowest BCUT2D eigenvalue weighted by atomic mass is 10.00. The van der Waals surface area contributed by atoms with Gasteiger partial charge < -0.3 is 16.4 Å². The zero-order chi connectivity index (χ0) is 14.0. The topological polar surface area (TPSA) is 89.4 Å². The van der Waals surface area contributed by atoms with E-state index in [4.69, 9.17) is 23.1 Å². The van der Waals surface area contributed by atoms with E-state index in [1.54, 1.807) is 18.2 Å². The second-order valence-electron chi connectivity index (χ2n) is 4.61. The first kappa shape index (κ1) is 13.7. The van der Waals surface area contributed by atoms with Crippen LogP contribution in [0.1, 0.15) is 29.6 Å². The molecule has 5 nitrogen and oxygen atoms in total. The molecule has 4 N–H and O–H groups in total. The zero-order valence-electron chi connectivity index (χ0n) is 10.4. The van der Waals surface area contributed by atoms with Gasteiger partial charge in [-0.2, -0.15) is 0 Å². The van der Waals surface area contributed by atoms with Crippen LogP contribution in [0.4, 0.5) is 5.69 Å². The summed E-state index contributed by atoms with van der Waals surface area (Å²) in [7, 11) is 0. The number of rotatable bonds is 2. The fourth-order valence-electron chi connectivity index (χ4n) is 2.35. The van der Waals surface area contributed by atoms with Gasteiger partial charge in [-0.3, -0.25) is 9.59 Å². The molecule has 2 rings (SSSR count). The van der Waals surface area contributed by atoms with E-state index in [2.05, 4.69) is 0 Å². The van der Waals surface area contributed by atoms with E-state index in [-0.39, 0.29) is 11.6 Å². The quantitative estimate of drug-likeness (QED) is 0.803. The molecule has 1 aliphatic heterocycles. The summed E-state index contributed by atoms with van der Waals surface area (Å²) in [6.07, 6.45) is 2.35. The van der Waals surface area contributed by atoms with Crippen LogP contribution in [-0.2, 0) is 4.79 Å². The van der Waals surface area contributed by atoms with E-state index in [1.165, 1.54) is 4.90 Å². The van der Waals surface area contributed by atoms with E-state index in [0.29, 0.717) is 23.6 Å². The molecule has 0 bridgehead atoms. The van der Waals surface area contributed by atoms with Crippen molar-refractivity contribution in [2.45, 2.75) is 25.3 Å². The molecule has 0 aromatic heterocycles. The number of piperidine rings is 1. The minimum Gasteiger partial charge on any atom is -0.397 e. The van der Waals surface area contributed by atoms with Crippen LogP contribution in [0.15, 0.2) is 18.2 Å². The Hall–Kier alpha value is -1.75. The molecule has 1 unspecified atom stereocenters. The van der Waals surface area contributed by atoms with Crippen LogP contribution in [0.5, 0.6) is 0 Å². The molecule has 0 radical (unpaired) electrons. The van der Waals surface area contributed by atoms with Gasteiger partial charge >= 0.3 is 0 Å². The average Bonchev–Trinajstić information content (AvgIpc) is 2.41. The molecular formula is C13H16ClN3O2. The van der Waals surface area contributed by atoms with Crippen molar-refractivity contribution >= 4 is 29.1 Å². The Balaban J connectivity index is 2.31. The average molecular weight is 282 g/mol. The minimum atomic E-state index is -0.556. The molecular weight excluding hydrogens is 266 g/mol. The number of hydrogen-bond donors (Lipinski definition) is 2. The standard InChI is InChI=1S/C13H16ClN3O2/c14-9-5-3-4-8(11(9)15)13(19)17-7-2-1-6-10(17)12(16)18/h3-5,10H,1-2,6-7,15H2,(H2,16,18). The summed E-state index contributed by atoms with van der Waals surface area (Å²) in [5.74, 6) is -0.767. The Morgan fingerprint density at radius 2 is 2.05 bits per heavy atom. The molecule has 0 saturated carbocycles. The van der Waals surface area contributed by atoms with Crippen molar-refractivity contribution in [3.8, 4) is 0 Å². The van der Waals surface area contributed by atoms with Crippen LogP contribution >= 0.6 is 11.6 Å². The van der Waals surface area contributed by atoms with E-state index in [0.717, 1.165) is 12.8 Å². The molecule has 19 heavy (non-hydrogen) atoms. The maximum Gasteiger partial charge on any atom is 0.256 e. The van der Waals surface area contributed by atoms with Crippen molar-refractivity contribution in [2.75, 3.05) is 12.3 Å². The second kappa shape index (κ2) is 5.48. The van der Waals surface area contributed by atoms with E-state index in [1.807, 2.05) is 0 Å². The number of halogens is 1. The van der Waals surface area contributed by atoms with E-state index >= 15 is 0 Å². The van der Waals surface area contributed by atoms with Gasteiger partial charge in [0.15, 0.2) is 0 Å². The number of hydrogen-bond acceptors (Lipinski definition) is 3. The van der Waals surface area contributed by atoms with Gasteiger partial charge in [-0.1, -0.05) is 17.7 Å². The number of carbonyl (C=O) groups is 2. The number of amides is 2. The second-order valence-corrected chi connectivity index (χ2v) is 5.02. The zero-order valence-corrected chi connectivity index (χ0v) is 11.2.